The molecule has 0 atom stereocenters. The Morgan fingerprint density at radius 3 is 2.81 bits per heavy atom. The molecule has 0 saturated carbocycles. The van der Waals surface area contributed by atoms with Crippen LogP contribution in [-0.4, -0.2) is 23.2 Å². The van der Waals surface area contributed by atoms with Gasteiger partial charge in [-0.1, -0.05) is 18.2 Å². The molecular formula is C21H24N2OS2. The number of para-hydroxylation sites is 1. The van der Waals surface area contributed by atoms with Gasteiger partial charge >= 0.3 is 0 Å². The molecule has 0 radical (unpaired) electrons. The first-order valence-electron chi connectivity index (χ1n) is 8.93. The number of benzene rings is 2. The zero-order chi connectivity index (χ0) is 18.4. The lowest BCUT2D eigenvalue weighted by molar-refractivity contribution is -0.120. The average molecular weight is 385 g/mol. The van der Waals surface area contributed by atoms with Crippen LogP contribution in [0.1, 0.15) is 29.0 Å². The summed E-state index contributed by atoms with van der Waals surface area (Å²) in [5, 5.41) is 4.16. The monoisotopic (exact) mass is 384 g/mol. The predicted molar refractivity (Wildman–Crippen MR) is 112 cm³/mol. The first-order valence-corrected chi connectivity index (χ1v) is 10.7. The molecule has 5 heteroatoms. The van der Waals surface area contributed by atoms with Gasteiger partial charge in [-0.05, 0) is 55.7 Å². The molecule has 1 aromatic heterocycles. The van der Waals surface area contributed by atoms with Crippen LogP contribution in [0.5, 0.6) is 0 Å². The summed E-state index contributed by atoms with van der Waals surface area (Å²) in [5.41, 5.74) is 3.68. The highest BCUT2D eigenvalue weighted by molar-refractivity contribution is 7.99. The van der Waals surface area contributed by atoms with Gasteiger partial charge in [0.1, 0.15) is 0 Å². The molecule has 0 aliphatic rings. The number of hydrogen-bond donors (Lipinski definition) is 1. The van der Waals surface area contributed by atoms with Crippen LogP contribution in [0.25, 0.3) is 10.2 Å². The summed E-state index contributed by atoms with van der Waals surface area (Å²) in [6.07, 6.45) is 2.39. The smallest absolute Gasteiger partial charge is 0.220 e. The Kier molecular flexibility index (Phi) is 6.69. The van der Waals surface area contributed by atoms with E-state index >= 15 is 0 Å². The van der Waals surface area contributed by atoms with Crippen molar-refractivity contribution >= 4 is 39.2 Å². The van der Waals surface area contributed by atoms with Crippen LogP contribution in [0.3, 0.4) is 0 Å². The van der Waals surface area contributed by atoms with Gasteiger partial charge < -0.3 is 5.32 Å². The normalized spacial score (nSPS) is 11.0. The Morgan fingerprint density at radius 1 is 1.15 bits per heavy atom. The third-order valence-corrected chi connectivity index (χ3v) is 6.40. The minimum atomic E-state index is 0.130. The maximum Gasteiger partial charge on any atom is 0.220 e. The summed E-state index contributed by atoms with van der Waals surface area (Å²) in [6.45, 7) is 4.95. The van der Waals surface area contributed by atoms with E-state index in [9.17, 15) is 4.79 Å². The quantitative estimate of drug-likeness (QED) is 0.432. The predicted octanol–water partition coefficient (Wildman–Crippen LogP) is 5.14. The minimum Gasteiger partial charge on any atom is -0.356 e. The molecule has 2 aromatic carbocycles. The van der Waals surface area contributed by atoms with Crippen molar-refractivity contribution in [3.8, 4) is 0 Å². The summed E-state index contributed by atoms with van der Waals surface area (Å²) >= 11 is 3.48. The van der Waals surface area contributed by atoms with Crippen molar-refractivity contribution in [1.29, 1.82) is 0 Å². The molecule has 1 amide bonds. The van der Waals surface area contributed by atoms with Crippen LogP contribution in [0, 0.1) is 13.8 Å². The van der Waals surface area contributed by atoms with Crippen molar-refractivity contribution in [2.45, 2.75) is 38.0 Å². The van der Waals surface area contributed by atoms with Crippen molar-refractivity contribution < 1.29 is 4.79 Å². The fraction of sp³-hybridized carbons (Fsp3) is 0.333. The number of hydrogen-bond acceptors (Lipinski definition) is 4. The van der Waals surface area contributed by atoms with Gasteiger partial charge in [0.15, 0.2) is 0 Å². The summed E-state index contributed by atoms with van der Waals surface area (Å²) < 4.78 is 1.23. The molecule has 0 spiro atoms. The number of amides is 1. The number of carbonyl (C=O) groups excluding carboxylic acids is 1. The minimum absolute atomic E-state index is 0.130. The molecule has 3 rings (SSSR count). The molecule has 0 unspecified atom stereocenters. The number of thiazole rings is 1. The Balaban J connectivity index is 1.33. The molecule has 1 heterocycles. The highest BCUT2D eigenvalue weighted by Gasteiger charge is 2.05. The van der Waals surface area contributed by atoms with E-state index in [4.69, 9.17) is 0 Å². The lowest BCUT2D eigenvalue weighted by Gasteiger charge is -2.06. The third-order valence-electron chi connectivity index (χ3n) is 4.30. The lowest BCUT2D eigenvalue weighted by atomic mass is 10.1. The van der Waals surface area contributed by atoms with Crippen molar-refractivity contribution in [1.82, 2.24) is 10.3 Å². The van der Waals surface area contributed by atoms with Crippen molar-refractivity contribution in [3.63, 3.8) is 0 Å². The zero-order valence-electron chi connectivity index (χ0n) is 15.2. The Morgan fingerprint density at radius 2 is 2.00 bits per heavy atom. The molecule has 0 saturated heterocycles. The molecule has 3 aromatic rings. The third kappa shape index (κ3) is 5.32. The lowest BCUT2D eigenvalue weighted by Crippen LogP contribution is -2.24. The molecule has 0 fully saturated rings. The SMILES string of the molecule is Cc1ccc(SCCC(=O)NCCCc2nc3ccccc3s2)cc1C. The fourth-order valence-corrected chi connectivity index (χ4v) is 4.60. The van der Waals surface area contributed by atoms with E-state index in [0.717, 1.165) is 29.1 Å². The molecule has 136 valence electrons. The summed E-state index contributed by atoms with van der Waals surface area (Å²) in [4.78, 5) is 17.8. The molecule has 0 bridgehead atoms. The molecular weight excluding hydrogens is 360 g/mol. The van der Waals surface area contributed by atoms with Crippen molar-refractivity contribution in [2.75, 3.05) is 12.3 Å². The van der Waals surface area contributed by atoms with Gasteiger partial charge in [-0.15, -0.1) is 23.1 Å². The van der Waals surface area contributed by atoms with Gasteiger partial charge in [0.25, 0.3) is 0 Å². The zero-order valence-corrected chi connectivity index (χ0v) is 16.9. The highest BCUT2D eigenvalue weighted by Crippen LogP contribution is 2.23. The van der Waals surface area contributed by atoms with Gasteiger partial charge in [0.05, 0.1) is 15.2 Å². The van der Waals surface area contributed by atoms with Gasteiger partial charge in [-0.2, -0.15) is 0 Å². The van der Waals surface area contributed by atoms with Crippen LogP contribution in [0.4, 0.5) is 0 Å². The second-order valence-electron chi connectivity index (χ2n) is 6.37. The van der Waals surface area contributed by atoms with Crippen LogP contribution in [-0.2, 0) is 11.2 Å². The number of nitrogens with zero attached hydrogens (tertiary/aromatic N) is 1. The highest BCUT2D eigenvalue weighted by atomic mass is 32.2. The number of nitrogens with one attached hydrogen (secondary N) is 1. The number of aromatic nitrogens is 1. The fourth-order valence-electron chi connectivity index (χ4n) is 2.65. The summed E-state index contributed by atoms with van der Waals surface area (Å²) in [7, 11) is 0. The number of thioether (sulfide) groups is 1. The largest absolute Gasteiger partial charge is 0.356 e. The van der Waals surface area contributed by atoms with Crippen LogP contribution < -0.4 is 5.32 Å². The van der Waals surface area contributed by atoms with E-state index in [0.29, 0.717) is 13.0 Å². The molecule has 1 N–H and O–H groups in total. The van der Waals surface area contributed by atoms with Gasteiger partial charge in [-0.3, -0.25) is 4.79 Å². The Bertz CT molecular complexity index is 856. The first kappa shape index (κ1) is 18.9. The second kappa shape index (κ2) is 9.19. The van der Waals surface area contributed by atoms with Crippen LogP contribution in [0.15, 0.2) is 47.4 Å². The van der Waals surface area contributed by atoms with Gasteiger partial charge in [-0.25, -0.2) is 4.98 Å². The topological polar surface area (TPSA) is 42.0 Å². The molecule has 0 aliphatic heterocycles. The second-order valence-corrected chi connectivity index (χ2v) is 8.66. The van der Waals surface area contributed by atoms with Gasteiger partial charge in [0, 0.05) is 30.0 Å². The molecule has 0 aliphatic carbocycles. The first-order chi connectivity index (χ1) is 12.6. The summed E-state index contributed by atoms with van der Waals surface area (Å²) in [6, 6.07) is 14.7. The number of aryl methyl sites for hydroxylation is 3. The molecule has 3 nitrogen and oxygen atoms in total. The van der Waals surface area contributed by atoms with Crippen molar-refractivity contribution in [2.24, 2.45) is 0 Å². The summed E-state index contributed by atoms with van der Waals surface area (Å²) in [5.74, 6) is 0.942. The van der Waals surface area contributed by atoms with E-state index in [1.165, 1.54) is 20.7 Å². The van der Waals surface area contributed by atoms with Crippen molar-refractivity contribution in [3.05, 3.63) is 58.6 Å². The Hall–Kier alpha value is -1.85. The van der Waals surface area contributed by atoms with Crippen LogP contribution in [0.2, 0.25) is 0 Å². The maximum absolute atomic E-state index is 12.0. The van der Waals surface area contributed by atoms with E-state index < -0.39 is 0 Å². The average Bonchev–Trinajstić information content (AvgIpc) is 3.04. The number of carbonyl (C=O) groups is 1. The molecule has 26 heavy (non-hydrogen) atoms. The number of rotatable bonds is 8. The van der Waals surface area contributed by atoms with E-state index in [1.807, 2.05) is 18.2 Å². The number of fused-ring (bicyclic) bond motifs is 1. The standard InChI is InChI=1S/C21H24N2OS2/c1-15-9-10-17(14-16(15)2)25-13-11-20(24)22-12-5-8-21-23-18-6-3-4-7-19(18)26-21/h3-4,6-7,9-10,14H,5,8,11-13H2,1-2H3,(H,22,24). The van der Waals surface area contributed by atoms with E-state index in [-0.39, 0.29) is 5.91 Å². The van der Waals surface area contributed by atoms with Crippen LogP contribution >= 0.6 is 23.1 Å². The maximum atomic E-state index is 12.0. The van der Waals surface area contributed by atoms with E-state index in [1.54, 1.807) is 23.1 Å². The Labute approximate surface area is 163 Å². The van der Waals surface area contributed by atoms with Gasteiger partial charge in [0.2, 0.25) is 5.91 Å². The van der Waals surface area contributed by atoms with E-state index in [2.05, 4.69) is 48.4 Å².